The summed E-state index contributed by atoms with van der Waals surface area (Å²) in [6.07, 6.45) is -1.31. The van der Waals surface area contributed by atoms with Crippen molar-refractivity contribution < 1.29 is 22.7 Å². The molecule has 1 fully saturated rings. The summed E-state index contributed by atoms with van der Waals surface area (Å²) in [5, 5.41) is 0. The van der Waals surface area contributed by atoms with Crippen LogP contribution in [0.4, 0.5) is 4.79 Å². The van der Waals surface area contributed by atoms with E-state index in [2.05, 4.69) is 17.0 Å². The normalized spacial score (nSPS) is 17.8. The number of benzene rings is 2. The SMILES string of the molecule is Cc1ccc(S(=O)(=O)NC(=O)OC[C@@H]2CN(Cc3ccccc3)CCO2)cc1. The molecule has 3 rings (SSSR count). The summed E-state index contributed by atoms with van der Waals surface area (Å²) in [6, 6.07) is 16.3. The summed E-state index contributed by atoms with van der Waals surface area (Å²) >= 11 is 0. The van der Waals surface area contributed by atoms with Gasteiger partial charge in [0.15, 0.2) is 0 Å². The first-order valence-corrected chi connectivity index (χ1v) is 10.5. The van der Waals surface area contributed by atoms with Crippen molar-refractivity contribution in [1.82, 2.24) is 9.62 Å². The van der Waals surface area contributed by atoms with Crippen molar-refractivity contribution in [2.45, 2.75) is 24.5 Å². The zero-order chi connectivity index (χ0) is 20.0. The number of aryl methyl sites for hydroxylation is 1. The van der Waals surface area contributed by atoms with Crippen molar-refractivity contribution in [3.8, 4) is 0 Å². The molecule has 1 aliphatic rings. The Kier molecular flexibility index (Phi) is 6.66. The number of hydrogen-bond donors (Lipinski definition) is 1. The Morgan fingerprint density at radius 1 is 1.18 bits per heavy atom. The maximum atomic E-state index is 12.2. The van der Waals surface area contributed by atoms with Crippen molar-refractivity contribution in [2.75, 3.05) is 26.3 Å². The van der Waals surface area contributed by atoms with E-state index in [1.807, 2.05) is 29.8 Å². The molecule has 0 spiro atoms. The van der Waals surface area contributed by atoms with Crippen molar-refractivity contribution in [3.63, 3.8) is 0 Å². The van der Waals surface area contributed by atoms with Gasteiger partial charge in [0, 0.05) is 19.6 Å². The van der Waals surface area contributed by atoms with E-state index in [1.165, 1.54) is 17.7 Å². The highest BCUT2D eigenvalue weighted by atomic mass is 32.2. The van der Waals surface area contributed by atoms with Crippen LogP contribution in [0.15, 0.2) is 59.5 Å². The molecule has 0 saturated carbocycles. The molecule has 28 heavy (non-hydrogen) atoms. The smallest absolute Gasteiger partial charge is 0.421 e. The first kappa shape index (κ1) is 20.3. The molecule has 1 heterocycles. The van der Waals surface area contributed by atoms with Crippen LogP contribution in [0.25, 0.3) is 0 Å². The second-order valence-corrected chi connectivity index (χ2v) is 8.41. The van der Waals surface area contributed by atoms with Gasteiger partial charge in [-0.15, -0.1) is 0 Å². The van der Waals surface area contributed by atoms with Crippen LogP contribution in [0.1, 0.15) is 11.1 Å². The third-order valence-electron chi connectivity index (χ3n) is 4.42. The summed E-state index contributed by atoms with van der Waals surface area (Å²) in [4.78, 5) is 14.2. The van der Waals surface area contributed by atoms with Crippen LogP contribution >= 0.6 is 0 Å². The van der Waals surface area contributed by atoms with Gasteiger partial charge in [-0.3, -0.25) is 4.90 Å². The minimum absolute atomic E-state index is 0.0120. The van der Waals surface area contributed by atoms with Crippen LogP contribution in [0.5, 0.6) is 0 Å². The number of sulfonamides is 1. The van der Waals surface area contributed by atoms with Gasteiger partial charge in [0.2, 0.25) is 0 Å². The molecule has 7 nitrogen and oxygen atoms in total. The van der Waals surface area contributed by atoms with Gasteiger partial charge < -0.3 is 9.47 Å². The van der Waals surface area contributed by atoms with Gasteiger partial charge in [-0.25, -0.2) is 17.9 Å². The molecule has 0 radical (unpaired) electrons. The predicted molar refractivity (Wildman–Crippen MR) is 104 cm³/mol. The molecular weight excluding hydrogens is 380 g/mol. The highest BCUT2D eigenvalue weighted by molar-refractivity contribution is 7.90. The molecule has 1 amide bonds. The van der Waals surface area contributed by atoms with E-state index in [9.17, 15) is 13.2 Å². The Labute approximate surface area is 165 Å². The lowest BCUT2D eigenvalue weighted by Gasteiger charge is -2.32. The largest absolute Gasteiger partial charge is 0.446 e. The average Bonchev–Trinajstić information content (AvgIpc) is 2.67. The number of nitrogens with one attached hydrogen (secondary N) is 1. The Morgan fingerprint density at radius 3 is 2.61 bits per heavy atom. The Hall–Kier alpha value is -2.42. The van der Waals surface area contributed by atoms with Gasteiger partial charge in [-0.05, 0) is 24.6 Å². The van der Waals surface area contributed by atoms with Gasteiger partial charge in [0.1, 0.15) is 12.7 Å². The molecule has 0 bridgehead atoms. The van der Waals surface area contributed by atoms with Gasteiger partial charge in [-0.2, -0.15) is 0 Å². The molecular formula is C20H24N2O5S. The lowest BCUT2D eigenvalue weighted by molar-refractivity contribution is -0.0572. The number of morpholine rings is 1. The van der Waals surface area contributed by atoms with E-state index >= 15 is 0 Å². The standard InChI is InChI=1S/C20H24N2O5S/c1-16-7-9-19(10-8-16)28(24,25)21-20(23)27-15-18-14-22(11-12-26-18)13-17-5-3-2-4-6-17/h2-10,18H,11-15H2,1H3,(H,21,23)/t18-/m0/s1. The second kappa shape index (κ2) is 9.18. The molecule has 1 saturated heterocycles. The molecule has 1 aliphatic heterocycles. The lowest BCUT2D eigenvalue weighted by Crippen LogP contribution is -2.45. The average molecular weight is 404 g/mol. The van der Waals surface area contributed by atoms with Crippen LogP contribution in [-0.4, -0.2) is 51.8 Å². The fourth-order valence-corrected chi connectivity index (χ4v) is 3.84. The van der Waals surface area contributed by atoms with Crippen LogP contribution in [0.2, 0.25) is 0 Å². The minimum atomic E-state index is -3.96. The van der Waals surface area contributed by atoms with Crippen molar-refractivity contribution in [3.05, 3.63) is 65.7 Å². The molecule has 1 atom stereocenters. The zero-order valence-electron chi connectivity index (χ0n) is 15.7. The maximum absolute atomic E-state index is 12.2. The number of amides is 1. The minimum Gasteiger partial charge on any atom is -0.446 e. The Bertz CT molecular complexity index is 885. The molecule has 2 aromatic rings. The zero-order valence-corrected chi connectivity index (χ0v) is 16.5. The van der Waals surface area contributed by atoms with E-state index in [-0.39, 0.29) is 17.6 Å². The van der Waals surface area contributed by atoms with Crippen LogP contribution < -0.4 is 4.72 Å². The quantitative estimate of drug-likeness (QED) is 0.795. The fourth-order valence-electron chi connectivity index (χ4n) is 2.95. The number of nitrogens with zero attached hydrogens (tertiary/aromatic N) is 1. The van der Waals surface area contributed by atoms with E-state index in [1.54, 1.807) is 12.1 Å². The third-order valence-corrected chi connectivity index (χ3v) is 5.75. The molecule has 0 aliphatic carbocycles. The van der Waals surface area contributed by atoms with E-state index < -0.39 is 16.1 Å². The van der Waals surface area contributed by atoms with E-state index in [0.29, 0.717) is 13.2 Å². The summed E-state index contributed by atoms with van der Waals surface area (Å²) in [6.45, 7) is 4.55. The maximum Gasteiger partial charge on any atom is 0.421 e. The van der Waals surface area contributed by atoms with Gasteiger partial charge in [-0.1, -0.05) is 48.0 Å². The van der Waals surface area contributed by atoms with Crippen molar-refractivity contribution in [1.29, 1.82) is 0 Å². The number of ether oxygens (including phenoxy) is 2. The van der Waals surface area contributed by atoms with Crippen LogP contribution in [-0.2, 0) is 26.0 Å². The second-order valence-electron chi connectivity index (χ2n) is 6.73. The summed E-state index contributed by atoms with van der Waals surface area (Å²) in [5.74, 6) is 0. The van der Waals surface area contributed by atoms with E-state index in [4.69, 9.17) is 9.47 Å². The number of carbonyl (C=O) groups excluding carboxylic acids is 1. The summed E-state index contributed by atoms with van der Waals surface area (Å²) in [7, 11) is -3.96. The number of rotatable bonds is 6. The van der Waals surface area contributed by atoms with Gasteiger partial charge in [0.05, 0.1) is 11.5 Å². The molecule has 0 aromatic heterocycles. The van der Waals surface area contributed by atoms with E-state index in [0.717, 1.165) is 18.7 Å². The van der Waals surface area contributed by atoms with Crippen molar-refractivity contribution in [2.24, 2.45) is 0 Å². The first-order valence-electron chi connectivity index (χ1n) is 9.06. The number of carbonyl (C=O) groups is 1. The first-order chi connectivity index (χ1) is 13.4. The lowest BCUT2D eigenvalue weighted by atomic mass is 10.2. The third kappa shape index (κ3) is 5.79. The van der Waals surface area contributed by atoms with Crippen molar-refractivity contribution >= 4 is 16.1 Å². The molecule has 8 heteroatoms. The molecule has 2 aromatic carbocycles. The molecule has 1 N–H and O–H groups in total. The van der Waals surface area contributed by atoms with Gasteiger partial charge in [0.25, 0.3) is 10.0 Å². The monoisotopic (exact) mass is 404 g/mol. The van der Waals surface area contributed by atoms with Gasteiger partial charge >= 0.3 is 6.09 Å². The Morgan fingerprint density at radius 2 is 1.89 bits per heavy atom. The predicted octanol–water partition coefficient (Wildman–Crippen LogP) is 2.31. The molecule has 0 unspecified atom stereocenters. The summed E-state index contributed by atoms with van der Waals surface area (Å²) < 4.78 is 37.1. The van der Waals surface area contributed by atoms with Crippen LogP contribution in [0.3, 0.4) is 0 Å². The highest BCUT2D eigenvalue weighted by Gasteiger charge is 2.24. The fraction of sp³-hybridized carbons (Fsp3) is 0.350. The summed E-state index contributed by atoms with van der Waals surface area (Å²) in [5.41, 5.74) is 2.13. The number of hydrogen-bond acceptors (Lipinski definition) is 6. The highest BCUT2D eigenvalue weighted by Crippen LogP contribution is 2.12. The molecule has 150 valence electrons. The topological polar surface area (TPSA) is 84.9 Å². The van der Waals surface area contributed by atoms with Crippen LogP contribution in [0, 0.1) is 6.92 Å². The Balaban J connectivity index is 1.48.